The second-order valence-corrected chi connectivity index (χ2v) is 5.23. The molecule has 1 aromatic carbocycles. The van der Waals surface area contributed by atoms with Gasteiger partial charge >= 0.3 is 6.18 Å². The van der Waals surface area contributed by atoms with Crippen LogP contribution in [-0.4, -0.2) is 12.2 Å². The van der Waals surface area contributed by atoms with E-state index in [1.807, 2.05) is 24.3 Å². The summed E-state index contributed by atoms with van der Waals surface area (Å²) < 4.78 is 38.9. The lowest BCUT2D eigenvalue weighted by atomic mass is 9.84. The highest BCUT2D eigenvalue weighted by Gasteiger charge is 2.45. The first kappa shape index (κ1) is 14.2. The van der Waals surface area contributed by atoms with Gasteiger partial charge in [-0.2, -0.15) is 13.2 Å². The maximum Gasteiger partial charge on any atom is 0.393 e. The van der Waals surface area contributed by atoms with Gasteiger partial charge in [-0.3, -0.25) is 0 Å². The third-order valence-electron chi connectivity index (χ3n) is 3.90. The minimum Gasteiger partial charge on any atom is -0.382 e. The molecule has 1 aliphatic carbocycles. The molecule has 0 saturated heterocycles. The summed E-state index contributed by atoms with van der Waals surface area (Å²) in [7, 11) is 0. The minimum atomic E-state index is -4.10. The molecule has 1 saturated carbocycles. The zero-order chi connectivity index (χ0) is 13.9. The molecule has 0 aliphatic heterocycles. The molecule has 1 N–H and O–H groups in total. The quantitative estimate of drug-likeness (QED) is 0.834. The number of benzene rings is 1. The number of anilines is 1. The summed E-state index contributed by atoms with van der Waals surface area (Å²) in [6.45, 7) is 2.06. The molecular weight excluding hydrogens is 251 g/mol. The third-order valence-corrected chi connectivity index (χ3v) is 3.90. The highest BCUT2D eigenvalue weighted by molar-refractivity contribution is 5.45. The van der Waals surface area contributed by atoms with E-state index in [-0.39, 0.29) is 6.42 Å². The van der Waals surface area contributed by atoms with Crippen LogP contribution in [0, 0.1) is 5.92 Å². The first-order valence-electron chi connectivity index (χ1n) is 6.93. The van der Waals surface area contributed by atoms with E-state index in [1.54, 1.807) is 0 Å². The Balaban J connectivity index is 2.06. The van der Waals surface area contributed by atoms with E-state index >= 15 is 0 Å². The molecule has 4 heteroatoms. The summed E-state index contributed by atoms with van der Waals surface area (Å²) in [5, 5.41) is 3.07. The van der Waals surface area contributed by atoms with Crippen LogP contribution in [0.2, 0.25) is 0 Å². The average molecular weight is 271 g/mol. The molecule has 0 heterocycles. The van der Waals surface area contributed by atoms with E-state index in [4.69, 9.17) is 0 Å². The molecule has 19 heavy (non-hydrogen) atoms. The number of hydrogen-bond acceptors (Lipinski definition) is 1. The van der Waals surface area contributed by atoms with Crippen molar-refractivity contribution in [1.29, 1.82) is 0 Å². The molecule has 2 rings (SSSR count). The van der Waals surface area contributed by atoms with E-state index in [9.17, 15) is 13.2 Å². The van der Waals surface area contributed by atoms with Gasteiger partial charge in [0.2, 0.25) is 0 Å². The fourth-order valence-electron chi connectivity index (χ4n) is 2.75. The fraction of sp³-hybridized carbons (Fsp3) is 0.600. The lowest BCUT2D eigenvalue weighted by Crippen LogP contribution is -2.41. The number of hydrogen-bond donors (Lipinski definition) is 1. The van der Waals surface area contributed by atoms with Gasteiger partial charge in [-0.25, -0.2) is 0 Å². The lowest BCUT2D eigenvalue weighted by molar-refractivity contribution is -0.184. The maximum atomic E-state index is 13.0. The standard InChI is InChI=1S/C15H20F3N/c1-2-11-7-9-12(10-8-11)19-14-6-4-3-5-13(14)15(16,17)18/h7-10,13-14,19H,2-6H2,1H3. The van der Waals surface area contributed by atoms with Crippen LogP contribution >= 0.6 is 0 Å². The molecule has 0 amide bonds. The van der Waals surface area contributed by atoms with Crippen LogP contribution in [0.1, 0.15) is 38.2 Å². The van der Waals surface area contributed by atoms with Gasteiger partial charge in [-0.1, -0.05) is 31.9 Å². The van der Waals surface area contributed by atoms with E-state index < -0.39 is 18.1 Å². The van der Waals surface area contributed by atoms with Crippen molar-refractivity contribution in [2.45, 2.75) is 51.2 Å². The number of alkyl halides is 3. The summed E-state index contributed by atoms with van der Waals surface area (Å²) in [6.07, 6.45) is -0.765. The summed E-state index contributed by atoms with van der Waals surface area (Å²) in [5.74, 6) is -1.22. The SMILES string of the molecule is CCc1ccc(NC2CCCCC2C(F)(F)F)cc1. The molecule has 0 radical (unpaired) electrons. The van der Waals surface area contributed by atoms with E-state index in [0.29, 0.717) is 12.8 Å². The predicted molar refractivity (Wildman–Crippen MR) is 71.2 cm³/mol. The fourth-order valence-corrected chi connectivity index (χ4v) is 2.75. The molecule has 0 aromatic heterocycles. The summed E-state index contributed by atoms with van der Waals surface area (Å²) >= 11 is 0. The van der Waals surface area contributed by atoms with Gasteiger partial charge in [0.1, 0.15) is 0 Å². The van der Waals surface area contributed by atoms with Crippen molar-refractivity contribution in [3.63, 3.8) is 0 Å². The predicted octanol–water partition coefficient (Wildman–Crippen LogP) is 4.78. The summed E-state index contributed by atoms with van der Waals surface area (Å²) in [5.41, 5.74) is 1.99. The lowest BCUT2D eigenvalue weighted by Gasteiger charge is -2.34. The largest absolute Gasteiger partial charge is 0.393 e. The second kappa shape index (κ2) is 5.85. The molecule has 1 aliphatic rings. The van der Waals surface area contributed by atoms with Crippen molar-refractivity contribution < 1.29 is 13.2 Å². The van der Waals surface area contributed by atoms with E-state index in [2.05, 4.69) is 12.2 Å². The van der Waals surface area contributed by atoms with Crippen molar-refractivity contribution in [3.8, 4) is 0 Å². The van der Waals surface area contributed by atoms with E-state index in [1.165, 1.54) is 5.56 Å². The molecular formula is C15H20F3N. The number of halogens is 3. The van der Waals surface area contributed by atoms with Crippen LogP contribution in [0.3, 0.4) is 0 Å². The second-order valence-electron chi connectivity index (χ2n) is 5.23. The Morgan fingerprint density at radius 3 is 2.32 bits per heavy atom. The molecule has 1 aromatic rings. The molecule has 0 bridgehead atoms. The zero-order valence-corrected chi connectivity index (χ0v) is 11.1. The van der Waals surface area contributed by atoms with Crippen LogP contribution in [0.5, 0.6) is 0 Å². The zero-order valence-electron chi connectivity index (χ0n) is 11.1. The van der Waals surface area contributed by atoms with Gasteiger partial charge in [0, 0.05) is 11.7 Å². The molecule has 2 atom stereocenters. The van der Waals surface area contributed by atoms with Crippen LogP contribution < -0.4 is 5.32 Å². The Bertz CT molecular complexity index is 397. The third kappa shape index (κ3) is 3.64. The highest BCUT2D eigenvalue weighted by Crippen LogP contribution is 2.38. The number of rotatable bonds is 3. The first-order valence-corrected chi connectivity index (χ1v) is 6.93. The Kier molecular flexibility index (Phi) is 4.38. The van der Waals surface area contributed by atoms with Gasteiger partial charge in [0.15, 0.2) is 0 Å². The molecule has 1 fully saturated rings. The summed E-state index contributed by atoms with van der Waals surface area (Å²) in [6, 6.07) is 7.20. The number of nitrogens with one attached hydrogen (secondary N) is 1. The van der Waals surface area contributed by atoms with Gasteiger partial charge in [-0.15, -0.1) is 0 Å². The smallest absolute Gasteiger partial charge is 0.382 e. The van der Waals surface area contributed by atoms with Gasteiger partial charge in [-0.05, 0) is 37.0 Å². The molecule has 106 valence electrons. The van der Waals surface area contributed by atoms with Crippen molar-refractivity contribution in [3.05, 3.63) is 29.8 Å². The number of aryl methyl sites for hydroxylation is 1. The van der Waals surface area contributed by atoms with Crippen LogP contribution in [0.25, 0.3) is 0 Å². The Hall–Kier alpha value is -1.19. The summed E-state index contributed by atoms with van der Waals surface area (Å²) in [4.78, 5) is 0. The Labute approximate surface area is 112 Å². The van der Waals surface area contributed by atoms with Crippen molar-refractivity contribution in [1.82, 2.24) is 0 Å². The van der Waals surface area contributed by atoms with Crippen LogP contribution in [-0.2, 0) is 6.42 Å². The topological polar surface area (TPSA) is 12.0 Å². The van der Waals surface area contributed by atoms with Crippen LogP contribution in [0.4, 0.5) is 18.9 Å². The van der Waals surface area contributed by atoms with Gasteiger partial charge < -0.3 is 5.32 Å². The van der Waals surface area contributed by atoms with Gasteiger partial charge in [0.25, 0.3) is 0 Å². The maximum absolute atomic E-state index is 13.0. The first-order chi connectivity index (χ1) is 9.00. The monoisotopic (exact) mass is 271 g/mol. The van der Waals surface area contributed by atoms with Crippen molar-refractivity contribution >= 4 is 5.69 Å². The van der Waals surface area contributed by atoms with Crippen LogP contribution in [0.15, 0.2) is 24.3 Å². The van der Waals surface area contributed by atoms with E-state index in [0.717, 1.165) is 18.5 Å². The highest BCUT2D eigenvalue weighted by atomic mass is 19.4. The molecule has 1 nitrogen and oxygen atoms in total. The molecule has 0 spiro atoms. The Morgan fingerprint density at radius 1 is 1.11 bits per heavy atom. The minimum absolute atomic E-state index is 0.244. The normalized spacial score (nSPS) is 24.2. The average Bonchev–Trinajstić information content (AvgIpc) is 2.39. The molecule has 2 unspecified atom stereocenters. The van der Waals surface area contributed by atoms with Crippen molar-refractivity contribution in [2.75, 3.05) is 5.32 Å². The van der Waals surface area contributed by atoms with Crippen molar-refractivity contribution in [2.24, 2.45) is 5.92 Å². The Morgan fingerprint density at radius 2 is 1.74 bits per heavy atom. The van der Waals surface area contributed by atoms with Gasteiger partial charge in [0.05, 0.1) is 5.92 Å².